The third kappa shape index (κ3) is 5.33. The second-order valence-corrected chi connectivity index (χ2v) is 5.95. The number of carboxylic acid groups (broad SMARTS) is 1. The largest absolute Gasteiger partial charge is 1.00 e. The van der Waals surface area contributed by atoms with Crippen LogP contribution in [0.4, 0.5) is 17.3 Å². The molecule has 2 heterocycles. The average molecular weight is 402 g/mol. The summed E-state index contributed by atoms with van der Waals surface area (Å²) < 4.78 is 37.5. The van der Waals surface area contributed by atoms with Crippen LogP contribution >= 0.6 is 0 Å². The Morgan fingerprint density at radius 1 is 1.07 bits per heavy atom. The molecule has 2 aromatic carbocycles. The summed E-state index contributed by atoms with van der Waals surface area (Å²) in [7, 11) is 0. The monoisotopic (exact) mass is 402 g/mol. The number of aromatic carboxylic acids is 1. The van der Waals surface area contributed by atoms with Crippen LogP contribution in [-0.2, 0) is 4.74 Å². The number of rotatable bonds is 5. The number of nitrogens with one attached hydrogen (secondary N) is 1. The van der Waals surface area contributed by atoms with E-state index in [0.717, 1.165) is 4.90 Å². The first-order chi connectivity index (χ1) is 15.2. The molecule has 1 fully saturated rings. The molecular weight excluding hydrogens is 379 g/mol. The van der Waals surface area contributed by atoms with Gasteiger partial charge in [-0.25, -0.2) is 9.97 Å². The maximum absolute atomic E-state index is 10.9. The first kappa shape index (κ1) is 16.4. The van der Waals surface area contributed by atoms with E-state index in [1.807, 2.05) is 0 Å². The van der Waals surface area contributed by atoms with E-state index >= 15 is 0 Å². The minimum absolute atomic E-state index is 0. The molecule has 0 atom stereocenters. The minimum Gasteiger partial charge on any atom is -0.545 e. The van der Waals surface area contributed by atoms with E-state index in [-0.39, 0.29) is 48.3 Å². The van der Waals surface area contributed by atoms with E-state index in [0.29, 0.717) is 28.6 Å². The van der Waals surface area contributed by atoms with Gasteiger partial charge in [-0.05, 0) is 35.9 Å². The number of morpholine rings is 1. The Kier molecular flexibility index (Phi) is 5.55. The van der Waals surface area contributed by atoms with Gasteiger partial charge in [0.25, 0.3) is 0 Å². The fraction of sp³-hybridized carbons (Fsp3) is 0.190. The summed E-state index contributed by atoms with van der Waals surface area (Å²) in [5.74, 6) is -0.931. The molecule has 0 aliphatic carbocycles. The van der Waals surface area contributed by atoms with E-state index in [2.05, 4.69) is 15.3 Å². The number of ether oxygens (including phenoxy) is 1. The van der Waals surface area contributed by atoms with Crippen LogP contribution in [0.2, 0.25) is 0 Å². The van der Waals surface area contributed by atoms with Gasteiger partial charge in [0.2, 0.25) is 5.95 Å². The Balaban J connectivity index is 0.00000306. The number of aromatic nitrogens is 2. The summed E-state index contributed by atoms with van der Waals surface area (Å²) in [5.41, 5.74) is 2.41. The Hall–Kier alpha value is -2.45. The predicted octanol–water partition coefficient (Wildman–Crippen LogP) is -0.909. The second kappa shape index (κ2) is 9.84. The summed E-state index contributed by atoms with van der Waals surface area (Å²) in [5, 5.41) is 14.0. The molecule has 1 aliphatic rings. The summed E-state index contributed by atoms with van der Waals surface area (Å²) in [6, 6.07) is 14.5. The van der Waals surface area contributed by atoms with Crippen LogP contribution in [0.5, 0.6) is 0 Å². The molecule has 0 radical (unpaired) electrons. The normalized spacial score (nSPS) is 19.0. The van der Waals surface area contributed by atoms with Gasteiger partial charge in [0.05, 0.1) is 30.4 Å². The number of benzene rings is 2. The zero-order valence-corrected chi connectivity index (χ0v) is 17.8. The molecule has 0 saturated carbocycles. The Labute approximate surface area is 196 Å². The van der Waals surface area contributed by atoms with Crippen molar-refractivity contribution in [2.45, 2.75) is 0 Å². The van der Waals surface area contributed by atoms with E-state index in [1.165, 1.54) is 12.1 Å². The molecule has 1 saturated heterocycles. The van der Waals surface area contributed by atoms with Crippen LogP contribution in [0.3, 0.4) is 0 Å². The third-order valence-corrected chi connectivity index (χ3v) is 4.10. The zero-order chi connectivity index (χ0) is 22.9. The predicted molar refractivity (Wildman–Crippen MR) is 105 cm³/mol. The number of anilines is 3. The number of hydrogen-bond donors (Lipinski definition) is 1. The van der Waals surface area contributed by atoms with Crippen LogP contribution in [0.15, 0.2) is 60.8 Å². The van der Waals surface area contributed by atoms with Gasteiger partial charge >= 0.3 is 29.6 Å². The Morgan fingerprint density at radius 3 is 2.41 bits per heavy atom. The van der Waals surface area contributed by atoms with Crippen molar-refractivity contribution in [1.82, 2.24) is 9.97 Å². The van der Waals surface area contributed by atoms with Crippen molar-refractivity contribution in [1.29, 1.82) is 0 Å². The van der Waals surface area contributed by atoms with Crippen molar-refractivity contribution in [3.05, 3.63) is 66.4 Å². The van der Waals surface area contributed by atoms with Crippen LogP contribution < -0.4 is 44.9 Å². The Morgan fingerprint density at radius 2 is 1.76 bits per heavy atom. The van der Waals surface area contributed by atoms with Gasteiger partial charge in [-0.3, -0.25) is 0 Å². The van der Waals surface area contributed by atoms with E-state index in [4.69, 9.17) is 10.2 Å². The molecule has 8 heteroatoms. The van der Waals surface area contributed by atoms with Gasteiger partial charge in [0.1, 0.15) is 0 Å². The number of hydrogen-bond acceptors (Lipinski definition) is 7. The summed E-state index contributed by atoms with van der Waals surface area (Å²) in [6.45, 7) is -4.42. The van der Waals surface area contributed by atoms with E-state index in [9.17, 15) is 9.90 Å². The van der Waals surface area contributed by atoms with Crippen molar-refractivity contribution in [2.24, 2.45) is 0 Å². The van der Waals surface area contributed by atoms with Crippen molar-refractivity contribution in [2.75, 3.05) is 36.4 Å². The smallest absolute Gasteiger partial charge is 0.545 e. The van der Waals surface area contributed by atoms with Crippen molar-refractivity contribution >= 4 is 23.3 Å². The first-order valence-corrected chi connectivity index (χ1v) is 8.56. The molecule has 0 amide bonds. The first-order valence-electron chi connectivity index (χ1n) is 10.6. The Bertz CT molecular complexity index is 1120. The van der Waals surface area contributed by atoms with Gasteiger partial charge in [0.15, 0.2) is 0 Å². The summed E-state index contributed by atoms with van der Waals surface area (Å²) in [6.07, 6.45) is 1.57. The van der Waals surface area contributed by atoms with Crippen LogP contribution in [-0.4, -0.2) is 42.1 Å². The molecular formula is C21H19N4NaO3. The van der Waals surface area contributed by atoms with Crippen molar-refractivity contribution in [3.8, 4) is 11.3 Å². The van der Waals surface area contributed by atoms with E-state index in [1.54, 1.807) is 48.7 Å². The fourth-order valence-electron chi connectivity index (χ4n) is 2.69. The number of carbonyl (C=O) groups is 1. The van der Waals surface area contributed by atoms with Gasteiger partial charge in [0, 0.05) is 36.1 Å². The standard InChI is InChI=1S/C21H20N4O3.Na/c26-20(27)16-3-1-15(2-4-16)19-9-10-22-21(24-19)23-17-5-7-18(8-6-17)25-11-13-28-14-12-25;/h1-10H,11-14H2,(H,26,27)(H,22,23,24);/q;+1/p-1/i11D2,12D2;. The molecule has 1 N–H and O–H groups in total. The molecule has 0 bridgehead atoms. The molecule has 142 valence electrons. The SMILES string of the molecule is [2H]C1([2H])COCC([2H])([2H])N1c1ccc(Nc2nccc(-c3ccc(C(=O)[O-])cc3)n2)cc1.[Na+]. The van der Waals surface area contributed by atoms with Gasteiger partial charge < -0.3 is 24.9 Å². The van der Waals surface area contributed by atoms with Gasteiger partial charge in [-0.15, -0.1) is 0 Å². The quantitative estimate of drug-likeness (QED) is 0.553. The number of carboxylic acids is 1. The molecule has 1 aromatic heterocycles. The van der Waals surface area contributed by atoms with Gasteiger partial charge in [-0.2, -0.15) is 0 Å². The molecule has 29 heavy (non-hydrogen) atoms. The second-order valence-electron chi connectivity index (χ2n) is 5.95. The maximum atomic E-state index is 10.9. The molecule has 1 aliphatic heterocycles. The van der Waals surface area contributed by atoms with E-state index < -0.39 is 19.0 Å². The van der Waals surface area contributed by atoms with Gasteiger partial charge in [-0.1, -0.05) is 24.3 Å². The molecule has 0 spiro atoms. The van der Waals surface area contributed by atoms with Crippen molar-refractivity contribution < 1.29 is 49.7 Å². The maximum Gasteiger partial charge on any atom is 1.00 e. The molecule has 3 aromatic rings. The summed E-state index contributed by atoms with van der Waals surface area (Å²) in [4.78, 5) is 20.6. The third-order valence-electron chi connectivity index (χ3n) is 4.10. The fourth-order valence-corrected chi connectivity index (χ4v) is 2.69. The summed E-state index contributed by atoms with van der Waals surface area (Å²) >= 11 is 0. The number of carbonyl (C=O) groups excluding carboxylic acids is 1. The van der Waals surface area contributed by atoms with Crippen LogP contribution in [0.25, 0.3) is 11.3 Å². The molecule has 7 nitrogen and oxygen atoms in total. The van der Waals surface area contributed by atoms with Crippen LogP contribution in [0, 0.1) is 0 Å². The number of nitrogens with zero attached hydrogens (tertiary/aromatic N) is 3. The molecule has 4 rings (SSSR count). The minimum atomic E-state index is -1.99. The zero-order valence-electron chi connectivity index (χ0n) is 19.8. The van der Waals surface area contributed by atoms with Crippen molar-refractivity contribution in [3.63, 3.8) is 0 Å². The van der Waals surface area contributed by atoms with Crippen LogP contribution in [0.1, 0.15) is 15.8 Å². The molecule has 0 unspecified atom stereocenters. The average Bonchev–Trinajstić information content (AvgIpc) is 2.74. The topological polar surface area (TPSA) is 90.4 Å².